The van der Waals surface area contributed by atoms with Gasteiger partial charge in [-0.05, 0) is 26.0 Å². The molecule has 0 bridgehead atoms. The fourth-order valence-corrected chi connectivity index (χ4v) is 6.38. The van der Waals surface area contributed by atoms with Crippen LogP contribution in [0, 0.1) is 11.3 Å². The average molecular weight is 595 g/mol. The SMILES string of the molecule is COc1cc2[nH]nc(-c3cnc(N4CC(C)(N5CCOCC5)C4)c(C#N)c3)c2cc1O[C@H](C)c1c(Cl)cncc1Cl. The first kappa shape index (κ1) is 27.5. The molecular formula is C29H29Cl2N7O3. The Hall–Kier alpha value is -3.62. The fourth-order valence-electron chi connectivity index (χ4n) is 5.71. The number of H-pyrrole nitrogens is 1. The van der Waals surface area contributed by atoms with Crippen LogP contribution in [0.5, 0.6) is 11.5 Å². The third-order valence-electron chi connectivity index (χ3n) is 7.85. The van der Waals surface area contributed by atoms with E-state index in [-0.39, 0.29) is 5.54 Å². The van der Waals surface area contributed by atoms with E-state index in [1.807, 2.05) is 25.1 Å². The third-order valence-corrected chi connectivity index (χ3v) is 8.45. The van der Waals surface area contributed by atoms with Gasteiger partial charge in [-0.3, -0.25) is 15.0 Å². The van der Waals surface area contributed by atoms with Crippen LogP contribution in [-0.2, 0) is 4.74 Å². The van der Waals surface area contributed by atoms with Crippen molar-refractivity contribution in [3.8, 4) is 28.8 Å². The van der Waals surface area contributed by atoms with E-state index in [1.165, 1.54) is 12.4 Å². The van der Waals surface area contributed by atoms with Crippen LogP contribution in [0.3, 0.4) is 0 Å². The summed E-state index contributed by atoms with van der Waals surface area (Å²) in [6, 6.07) is 7.85. The standard InChI is InChI=1S/C29H29Cl2N7O3/c1-17(26-21(30)13-33-14-22(26)31)41-25-9-20-23(10-24(25)39-3)35-36-27(20)19-8-18(11-32)28(34-12-19)37-15-29(2,16-37)38-4-6-40-7-5-38/h8-10,12-14,17H,4-7,15-16H2,1-3H3,(H,35,36)/t17-/m1/s1. The van der Waals surface area contributed by atoms with E-state index in [0.29, 0.717) is 44.2 Å². The van der Waals surface area contributed by atoms with Crippen LogP contribution in [0.4, 0.5) is 5.82 Å². The minimum absolute atomic E-state index is 0.0482. The van der Waals surface area contributed by atoms with Gasteiger partial charge in [-0.15, -0.1) is 0 Å². The summed E-state index contributed by atoms with van der Waals surface area (Å²) < 4.78 is 17.4. The van der Waals surface area contributed by atoms with E-state index in [4.69, 9.17) is 42.4 Å². The number of nitrogens with zero attached hydrogens (tertiary/aromatic N) is 6. The van der Waals surface area contributed by atoms with Gasteiger partial charge in [-0.1, -0.05) is 23.2 Å². The minimum atomic E-state index is -0.481. The van der Waals surface area contributed by atoms with Crippen molar-refractivity contribution >= 4 is 39.9 Å². The molecule has 10 nitrogen and oxygen atoms in total. The van der Waals surface area contributed by atoms with Gasteiger partial charge in [0, 0.05) is 67.3 Å². The second-order valence-electron chi connectivity index (χ2n) is 10.6. The molecule has 0 saturated carbocycles. The molecule has 41 heavy (non-hydrogen) atoms. The molecule has 1 atom stereocenters. The normalized spacial score (nSPS) is 17.6. The number of hydrogen-bond acceptors (Lipinski definition) is 9. The van der Waals surface area contributed by atoms with Crippen LogP contribution >= 0.6 is 23.2 Å². The molecule has 2 fully saturated rings. The Labute approximate surface area is 247 Å². The van der Waals surface area contributed by atoms with Crippen molar-refractivity contribution in [3.05, 3.63) is 58.0 Å². The Balaban J connectivity index is 1.29. The molecule has 1 N–H and O–H groups in total. The zero-order valence-corrected chi connectivity index (χ0v) is 24.5. The van der Waals surface area contributed by atoms with Crippen LogP contribution in [0.1, 0.15) is 31.1 Å². The summed E-state index contributed by atoms with van der Waals surface area (Å²) in [5.74, 6) is 1.70. The maximum absolute atomic E-state index is 10.0. The highest BCUT2D eigenvalue weighted by Gasteiger charge is 2.45. The van der Waals surface area contributed by atoms with Crippen LogP contribution in [0.15, 0.2) is 36.8 Å². The summed E-state index contributed by atoms with van der Waals surface area (Å²) in [5, 5.41) is 19.3. The number of benzene rings is 1. The van der Waals surface area contributed by atoms with Crippen molar-refractivity contribution in [3.63, 3.8) is 0 Å². The van der Waals surface area contributed by atoms with Gasteiger partial charge in [0.15, 0.2) is 11.5 Å². The van der Waals surface area contributed by atoms with Crippen molar-refractivity contribution in [1.82, 2.24) is 25.1 Å². The maximum Gasteiger partial charge on any atom is 0.162 e. The highest BCUT2D eigenvalue weighted by atomic mass is 35.5. The van der Waals surface area contributed by atoms with Gasteiger partial charge in [-0.25, -0.2) is 4.98 Å². The first-order valence-corrected chi connectivity index (χ1v) is 14.1. The van der Waals surface area contributed by atoms with E-state index in [1.54, 1.807) is 13.3 Å². The number of fused-ring (bicyclic) bond motifs is 1. The van der Waals surface area contributed by atoms with Crippen molar-refractivity contribution in [1.29, 1.82) is 5.26 Å². The Morgan fingerprint density at radius 2 is 1.83 bits per heavy atom. The highest BCUT2D eigenvalue weighted by Crippen LogP contribution is 2.41. The molecule has 2 saturated heterocycles. The van der Waals surface area contributed by atoms with Crippen molar-refractivity contribution < 1.29 is 14.2 Å². The first-order valence-electron chi connectivity index (χ1n) is 13.3. The van der Waals surface area contributed by atoms with E-state index in [0.717, 1.165) is 55.9 Å². The summed E-state index contributed by atoms with van der Waals surface area (Å²) in [6.07, 6.45) is 4.35. The number of aromatic amines is 1. The molecule has 0 aliphatic carbocycles. The lowest BCUT2D eigenvalue weighted by molar-refractivity contribution is -0.0266. The second-order valence-corrected chi connectivity index (χ2v) is 11.4. The van der Waals surface area contributed by atoms with Crippen LogP contribution < -0.4 is 14.4 Å². The number of anilines is 1. The summed E-state index contributed by atoms with van der Waals surface area (Å²) in [6.45, 7) is 9.09. The zero-order chi connectivity index (χ0) is 28.7. The number of ether oxygens (including phenoxy) is 3. The molecular weight excluding hydrogens is 565 g/mol. The molecule has 12 heteroatoms. The van der Waals surface area contributed by atoms with E-state index in [2.05, 4.69) is 38.0 Å². The van der Waals surface area contributed by atoms with Crippen molar-refractivity contribution in [2.75, 3.05) is 51.4 Å². The number of morpholine rings is 1. The van der Waals surface area contributed by atoms with E-state index < -0.39 is 6.10 Å². The van der Waals surface area contributed by atoms with Crippen LogP contribution in [0.2, 0.25) is 10.0 Å². The predicted octanol–water partition coefficient (Wildman–Crippen LogP) is 5.26. The Morgan fingerprint density at radius 1 is 1.10 bits per heavy atom. The molecule has 1 aromatic carbocycles. The Morgan fingerprint density at radius 3 is 2.51 bits per heavy atom. The number of halogens is 2. The van der Waals surface area contributed by atoms with Gasteiger partial charge in [0.2, 0.25) is 0 Å². The summed E-state index contributed by atoms with van der Waals surface area (Å²) >= 11 is 12.7. The first-order chi connectivity index (χ1) is 19.8. The number of hydrogen-bond donors (Lipinski definition) is 1. The summed E-state index contributed by atoms with van der Waals surface area (Å²) in [7, 11) is 1.57. The lowest BCUT2D eigenvalue weighted by Gasteiger charge is -2.55. The smallest absolute Gasteiger partial charge is 0.162 e. The molecule has 0 unspecified atom stereocenters. The van der Waals surface area contributed by atoms with Crippen LogP contribution in [0.25, 0.3) is 22.2 Å². The summed E-state index contributed by atoms with van der Waals surface area (Å²) in [4.78, 5) is 13.4. The lowest BCUT2D eigenvalue weighted by Crippen LogP contribution is -2.70. The van der Waals surface area contributed by atoms with Crippen molar-refractivity contribution in [2.45, 2.75) is 25.5 Å². The number of nitrogens with one attached hydrogen (secondary N) is 1. The van der Waals surface area contributed by atoms with Gasteiger partial charge in [0.05, 0.1) is 47.0 Å². The topological polar surface area (TPSA) is 112 Å². The van der Waals surface area contributed by atoms with Crippen molar-refractivity contribution in [2.24, 2.45) is 0 Å². The lowest BCUT2D eigenvalue weighted by atomic mass is 9.89. The largest absolute Gasteiger partial charge is 0.493 e. The Bertz CT molecular complexity index is 1620. The molecule has 6 rings (SSSR count). The molecule has 5 heterocycles. The fraction of sp³-hybridized carbons (Fsp3) is 0.379. The monoisotopic (exact) mass is 593 g/mol. The molecule has 0 spiro atoms. The van der Waals surface area contributed by atoms with Crippen LogP contribution in [-0.4, -0.2) is 77.1 Å². The van der Waals surface area contributed by atoms with E-state index >= 15 is 0 Å². The molecule has 2 aliphatic heterocycles. The average Bonchev–Trinajstić information content (AvgIpc) is 3.37. The number of pyridine rings is 2. The molecule has 0 amide bonds. The number of nitriles is 1. The number of rotatable bonds is 7. The maximum atomic E-state index is 10.0. The van der Waals surface area contributed by atoms with Gasteiger partial charge >= 0.3 is 0 Å². The van der Waals surface area contributed by atoms with Gasteiger partial charge < -0.3 is 19.1 Å². The minimum Gasteiger partial charge on any atom is -0.493 e. The molecule has 212 valence electrons. The quantitative estimate of drug-likeness (QED) is 0.306. The Kier molecular flexibility index (Phi) is 7.38. The number of aromatic nitrogens is 4. The molecule has 2 aliphatic rings. The van der Waals surface area contributed by atoms with Gasteiger partial charge in [-0.2, -0.15) is 10.4 Å². The van der Waals surface area contributed by atoms with Gasteiger partial charge in [0.1, 0.15) is 23.7 Å². The second kappa shape index (κ2) is 11.0. The molecule has 4 aromatic rings. The number of methoxy groups -OCH3 is 1. The molecule has 0 radical (unpaired) electrons. The zero-order valence-electron chi connectivity index (χ0n) is 22.9. The highest BCUT2D eigenvalue weighted by molar-refractivity contribution is 6.35. The van der Waals surface area contributed by atoms with E-state index in [9.17, 15) is 5.26 Å². The predicted molar refractivity (Wildman–Crippen MR) is 157 cm³/mol. The molecule has 3 aromatic heterocycles. The summed E-state index contributed by atoms with van der Waals surface area (Å²) in [5.41, 5.74) is 3.31. The third kappa shape index (κ3) is 5.04. The van der Waals surface area contributed by atoms with Gasteiger partial charge in [0.25, 0.3) is 0 Å².